The molecule has 1 heterocycles. The highest BCUT2D eigenvalue weighted by Crippen LogP contribution is 2.26. The third-order valence-corrected chi connectivity index (χ3v) is 3.80. The zero-order valence-electron chi connectivity index (χ0n) is 14.6. The lowest BCUT2D eigenvalue weighted by Crippen LogP contribution is -2.06. The van der Waals surface area contributed by atoms with E-state index in [0.717, 1.165) is 5.69 Å². The fourth-order valence-corrected chi connectivity index (χ4v) is 2.54. The Morgan fingerprint density at radius 2 is 1.93 bits per heavy atom. The Balaban J connectivity index is 2.13. The molecule has 0 fully saturated rings. The molecule has 0 atom stereocenters. The van der Waals surface area contributed by atoms with Crippen molar-refractivity contribution < 1.29 is 13.9 Å². The van der Waals surface area contributed by atoms with Gasteiger partial charge in [-0.2, -0.15) is 10.4 Å². The fraction of sp³-hybridized carbons (Fsp3) is 0.0952. The number of nitrogens with zero attached hydrogens (tertiary/aromatic N) is 3. The van der Waals surface area contributed by atoms with Gasteiger partial charge in [-0.1, -0.05) is 18.2 Å². The van der Waals surface area contributed by atoms with Crippen LogP contribution in [0, 0.1) is 17.1 Å². The van der Waals surface area contributed by atoms with Crippen molar-refractivity contribution >= 4 is 12.0 Å². The number of rotatable bonds is 5. The summed E-state index contributed by atoms with van der Waals surface area (Å²) in [5.74, 6) is -1.06. The first-order chi connectivity index (χ1) is 13.1. The van der Waals surface area contributed by atoms with Crippen molar-refractivity contribution in [1.82, 2.24) is 9.78 Å². The van der Waals surface area contributed by atoms with E-state index in [1.807, 2.05) is 36.4 Å². The highest BCUT2D eigenvalue weighted by Gasteiger charge is 2.15. The molecule has 3 aromatic rings. The second-order valence-corrected chi connectivity index (χ2v) is 5.61. The Bertz CT molecular complexity index is 1020. The van der Waals surface area contributed by atoms with Gasteiger partial charge in [0.05, 0.1) is 18.0 Å². The van der Waals surface area contributed by atoms with E-state index in [1.165, 1.54) is 18.2 Å². The van der Waals surface area contributed by atoms with Gasteiger partial charge in [-0.3, -0.25) is 0 Å². The van der Waals surface area contributed by atoms with Crippen LogP contribution >= 0.6 is 0 Å². The van der Waals surface area contributed by atoms with Crippen LogP contribution in [-0.2, 0) is 9.53 Å². The molecule has 1 aromatic heterocycles. The van der Waals surface area contributed by atoms with Crippen LogP contribution in [0.4, 0.5) is 4.39 Å². The summed E-state index contributed by atoms with van der Waals surface area (Å²) >= 11 is 0. The minimum absolute atomic E-state index is 0.132. The number of benzene rings is 2. The molecule has 0 saturated heterocycles. The number of aromatic nitrogens is 2. The summed E-state index contributed by atoms with van der Waals surface area (Å²) in [7, 11) is 0. The van der Waals surface area contributed by atoms with Gasteiger partial charge >= 0.3 is 5.97 Å². The first-order valence-electron chi connectivity index (χ1n) is 8.32. The lowest BCUT2D eigenvalue weighted by molar-refractivity contribution is -0.137. The summed E-state index contributed by atoms with van der Waals surface area (Å²) in [5.41, 5.74) is 2.42. The van der Waals surface area contributed by atoms with Crippen molar-refractivity contribution in [2.24, 2.45) is 0 Å². The molecule has 0 amide bonds. The van der Waals surface area contributed by atoms with Crippen LogP contribution in [0.5, 0.6) is 0 Å². The monoisotopic (exact) mass is 361 g/mol. The molecule has 3 rings (SSSR count). The Morgan fingerprint density at radius 3 is 2.56 bits per heavy atom. The van der Waals surface area contributed by atoms with Gasteiger partial charge in [0.25, 0.3) is 0 Å². The number of carbonyl (C=O) groups is 1. The van der Waals surface area contributed by atoms with Gasteiger partial charge in [0.2, 0.25) is 0 Å². The number of para-hydroxylation sites is 1. The number of hydrogen-bond acceptors (Lipinski definition) is 4. The van der Waals surface area contributed by atoms with Crippen molar-refractivity contribution in [3.05, 3.63) is 77.7 Å². The van der Waals surface area contributed by atoms with E-state index < -0.39 is 5.97 Å². The highest BCUT2D eigenvalue weighted by molar-refractivity contribution is 5.98. The number of halogens is 1. The van der Waals surface area contributed by atoms with Crippen LogP contribution in [-0.4, -0.2) is 22.4 Å². The molecule has 0 aliphatic carbocycles. The molecular weight excluding hydrogens is 345 g/mol. The number of carbonyl (C=O) groups excluding carboxylic acids is 1. The maximum Gasteiger partial charge on any atom is 0.348 e. The molecule has 0 N–H and O–H groups in total. The topological polar surface area (TPSA) is 67.9 Å². The van der Waals surface area contributed by atoms with Gasteiger partial charge in [-0.25, -0.2) is 13.9 Å². The zero-order chi connectivity index (χ0) is 19.2. The van der Waals surface area contributed by atoms with E-state index in [2.05, 4.69) is 5.10 Å². The van der Waals surface area contributed by atoms with Gasteiger partial charge in [-0.05, 0) is 49.4 Å². The van der Waals surface area contributed by atoms with E-state index in [4.69, 9.17) is 4.74 Å². The van der Waals surface area contributed by atoms with Crippen LogP contribution in [0.1, 0.15) is 12.5 Å². The molecule has 0 aliphatic rings. The number of nitriles is 1. The van der Waals surface area contributed by atoms with E-state index in [9.17, 15) is 14.4 Å². The van der Waals surface area contributed by atoms with Crippen molar-refractivity contribution in [3.8, 4) is 23.0 Å². The minimum atomic E-state index is -0.697. The smallest absolute Gasteiger partial charge is 0.348 e. The van der Waals surface area contributed by atoms with Crippen LogP contribution in [0.2, 0.25) is 0 Å². The van der Waals surface area contributed by atoms with Gasteiger partial charge in [0.15, 0.2) is 0 Å². The van der Waals surface area contributed by atoms with Crippen LogP contribution in [0.15, 0.2) is 66.4 Å². The summed E-state index contributed by atoms with van der Waals surface area (Å²) in [4.78, 5) is 12.0. The molecular formula is C21H16FN3O2. The molecule has 5 nitrogen and oxygen atoms in total. The first-order valence-corrected chi connectivity index (χ1v) is 8.32. The first kappa shape index (κ1) is 18.1. The predicted molar refractivity (Wildman–Crippen MR) is 99.2 cm³/mol. The van der Waals surface area contributed by atoms with Gasteiger partial charge in [-0.15, -0.1) is 0 Å². The van der Waals surface area contributed by atoms with Crippen molar-refractivity contribution in [3.63, 3.8) is 0 Å². The third kappa shape index (κ3) is 4.10. The van der Waals surface area contributed by atoms with Gasteiger partial charge < -0.3 is 4.74 Å². The average molecular weight is 361 g/mol. The van der Waals surface area contributed by atoms with Crippen molar-refractivity contribution in [2.45, 2.75) is 6.92 Å². The van der Waals surface area contributed by atoms with Gasteiger partial charge in [0, 0.05) is 17.3 Å². The molecule has 0 aliphatic heterocycles. The normalized spacial score (nSPS) is 11.1. The molecule has 0 bridgehead atoms. The quantitative estimate of drug-likeness (QED) is 0.389. The average Bonchev–Trinajstić information content (AvgIpc) is 3.11. The van der Waals surface area contributed by atoms with Crippen molar-refractivity contribution in [1.29, 1.82) is 5.26 Å². The molecule has 27 heavy (non-hydrogen) atoms. The maximum atomic E-state index is 13.3. The molecule has 0 saturated carbocycles. The molecule has 6 heteroatoms. The van der Waals surface area contributed by atoms with Crippen LogP contribution in [0.3, 0.4) is 0 Å². The SMILES string of the molecule is CCOC(=O)/C(C#N)=C\c1cn(-c2ccccc2)nc1-c1ccc(F)cc1. The Labute approximate surface area is 155 Å². The van der Waals surface area contributed by atoms with Crippen LogP contribution in [0.25, 0.3) is 23.0 Å². The Morgan fingerprint density at radius 1 is 1.22 bits per heavy atom. The standard InChI is InChI=1S/C21H16FN3O2/c1-2-27-21(26)16(13-23)12-17-14-25(19-6-4-3-5-7-19)24-20(17)15-8-10-18(22)11-9-15/h3-12,14H,2H2,1H3/b16-12-. The summed E-state index contributed by atoms with van der Waals surface area (Å²) in [6.07, 6.45) is 3.15. The fourth-order valence-electron chi connectivity index (χ4n) is 2.54. The zero-order valence-corrected chi connectivity index (χ0v) is 14.6. The molecule has 0 unspecified atom stereocenters. The number of ether oxygens (including phenoxy) is 1. The summed E-state index contributed by atoms with van der Waals surface area (Å²) in [6, 6.07) is 17.1. The van der Waals surface area contributed by atoms with E-state index in [0.29, 0.717) is 16.8 Å². The number of hydrogen-bond donors (Lipinski definition) is 0. The summed E-state index contributed by atoms with van der Waals surface area (Å²) in [6.45, 7) is 1.84. The second-order valence-electron chi connectivity index (χ2n) is 5.61. The Kier molecular flexibility index (Phi) is 5.43. The van der Waals surface area contributed by atoms with E-state index in [-0.39, 0.29) is 18.0 Å². The molecule has 0 spiro atoms. The van der Waals surface area contributed by atoms with Gasteiger partial charge in [0.1, 0.15) is 17.5 Å². The minimum Gasteiger partial charge on any atom is -0.462 e. The third-order valence-electron chi connectivity index (χ3n) is 3.80. The lowest BCUT2D eigenvalue weighted by Gasteiger charge is -2.01. The van der Waals surface area contributed by atoms with E-state index in [1.54, 1.807) is 29.9 Å². The number of esters is 1. The second kappa shape index (κ2) is 8.11. The largest absolute Gasteiger partial charge is 0.462 e. The Hall–Kier alpha value is -3.72. The van der Waals surface area contributed by atoms with Crippen molar-refractivity contribution in [2.75, 3.05) is 6.61 Å². The maximum absolute atomic E-state index is 13.3. The molecule has 134 valence electrons. The predicted octanol–water partition coefficient (Wildman–Crippen LogP) is 4.15. The van der Waals surface area contributed by atoms with Crippen LogP contribution < -0.4 is 0 Å². The summed E-state index contributed by atoms with van der Waals surface area (Å²) in [5, 5.41) is 13.9. The highest BCUT2D eigenvalue weighted by atomic mass is 19.1. The summed E-state index contributed by atoms with van der Waals surface area (Å²) < 4.78 is 19.8. The lowest BCUT2D eigenvalue weighted by atomic mass is 10.1. The molecule has 2 aromatic carbocycles. The molecule has 0 radical (unpaired) electrons. The van der Waals surface area contributed by atoms with E-state index >= 15 is 0 Å².